The second-order valence-corrected chi connectivity index (χ2v) is 6.37. The molecular formula is C22H18FN3O. The molecule has 5 heteroatoms. The van der Waals surface area contributed by atoms with E-state index in [0.29, 0.717) is 16.9 Å². The van der Waals surface area contributed by atoms with Crippen LogP contribution in [0.4, 0.5) is 10.2 Å². The Hall–Kier alpha value is -3.47. The minimum atomic E-state index is -0.411. The molecule has 0 aliphatic carbocycles. The Morgan fingerprint density at radius 2 is 1.78 bits per heavy atom. The molecular weight excluding hydrogens is 341 g/mol. The molecule has 4 nitrogen and oxygen atoms in total. The average Bonchev–Trinajstić information content (AvgIpc) is 2.68. The van der Waals surface area contributed by atoms with Gasteiger partial charge in [-0.2, -0.15) is 0 Å². The molecule has 2 N–H and O–H groups in total. The molecule has 4 rings (SSSR count). The number of fused-ring (bicyclic) bond motifs is 1. The first-order valence-electron chi connectivity index (χ1n) is 8.64. The lowest BCUT2D eigenvalue weighted by Gasteiger charge is -2.22. The van der Waals surface area contributed by atoms with Gasteiger partial charge in [0.25, 0.3) is 0 Å². The van der Waals surface area contributed by atoms with Gasteiger partial charge < -0.3 is 10.4 Å². The minimum absolute atomic E-state index is 0.0996. The third kappa shape index (κ3) is 3.44. The summed E-state index contributed by atoms with van der Waals surface area (Å²) in [5, 5.41) is 15.1. The maximum Gasteiger partial charge on any atom is 0.147 e. The number of hydrogen-bond donors (Lipinski definition) is 2. The highest BCUT2D eigenvalue weighted by molar-refractivity contribution is 5.86. The van der Waals surface area contributed by atoms with Crippen LogP contribution in [0, 0.1) is 12.7 Å². The van der Waals surface area contributed by atoms with Crippen molar-refractivity contribution in [2.75, 3.05) is 5.32 Å². The first-order valence-corrected chi connectivity index (χ1v) is 8.64. The van der Waals surface area contributed by atoms with Crippen molar-refractivity contribution >= 4 is 16.7 Å². The first-order chi connectivity index (χ1) is 13.1. The minimum Gasteiger partial charge on any atom is -0.505 e. The normalized spacial score (nSPS) is 12.1. The summed E-state index contributed by atoms with van der Waals surface area (Å²) in [5.74, 6) is 0.461. The zero-order valence-electron chi connectivity index (χ0n) is 14.7. The van der Waals surface area contributed by atoms with E-state index < -0.39 is 6.04 Å². The van der Waals surface area contributed by atoms with Crippen LogP contribution in [-0.4, -0.2) is 15.1 Å². The Balaban J connectivity index is 1.84. The van der Waals surface area contributed by atoms with Crippen LogP contribution in [0.25, 0.3) is 10.9 Å². The molecule has 4 aromatic rings. The number of benzene rings is 2. The smallest absolute Gasteiger partial charge is 0.147 e. The van der Waals surface area contributed by atoms with E-state index in [1.54, 1.807) is 18.3 Å². The molecule has 0 amide bonds. The van der Waals surface area contributed by atoms with Gasteiger partial charge in [0.1, 0.15) is 22.9 Å². The molecule has 2 heterocycles. The average molecular weight is 359 g/mol. The van der Waals surface area contributed by atoms with E-state index in [1.165, 1.54) is 12.1 Å². The Bertz CT molecular complexity index is 1100. The zero-order valence-corrected chi connectivity index (χ0v) is 14.7. The number of pyridine rings is 2. The molecule has 0 fully saturated rings. The maximum absolute atomic E-state index is 13.4. The van der Waals surface area contributed by atoms with Crippen LogP contribution in [0.3, 0.4) is 0 Å². The largest absolute Gasteiger partial charge is 0.505 e. The summed E-state index contributed by atoms with van der Waals surface area (Å²) < 4.78 is 13.4. The topological polar surface area (TPSA) is 58.0 Å². The van der Waals surface area contributed by atoms with Crippen LogP contribution in [0.1, 0.15) is 22.9 Å². The number of rotatable bonds is 4. The van der Waals surface area contributed by atoms with Gasteiger partial charge in [-0.05, 0) is 42.8 Å². The highest BCUT2D eigenvalue weighted by Crippen LogP contribution is 2.36. The molecule has 0 radical (unpaired) electrons. The molecule has 27 heavy (non-hydrogen) atoms. The summed E-state index contributed by atoms with van der Waals surface area (Å²) in [6.07, 6.45) is 1.65. The van der Waals surface area contributed by atoms with Crippen LogP contribution in [0.5, 0.6) is 5.75 Å². The Morgan fingerprint density at radius 1 is 0.963 bits per heavy atom. The van der Waals surface area contributed by atoms with Crippen LogP contribution in [0.15, 0.2) is 72.9 Å². The van der Waals surface area contributed by atoms with Gasteiger partial charge in [-0.1, -0.05) is 36.4 Å². The fourth-order valence-electron chi connectivity index (χ4n) is 3.15. The van der Waals surface area contributed by atoms with Crippen LogP contribution in [-0.2, 0) is 0 Å². The first kappa shape index (κ1) is 17.0. The van der Waals surface area contributed by atoms with Crippen molar-refractivity contribution in [3.8, 4) is 5.75 Å². The van der Waals surface area contributed by atoms with E-state index in [0.717, 1.165) is 16.6 Å². The second kappa shape index (κ2) is 7.03. The SMILES string of the molecule is Cc1cccc(N[C@H](c2ccc(F)cc2)c2ccc3cccnc3c2O)n1. The van der Waals surface area contributed by atoms with Gasteiger partial charge in [-0.15, -0.1) is 0 Å². The number of aromatic hydroxyl groups is 1. The number of phenolic OH excluding ortho intramolecular Hbond substituents is 1. The predicted octanol–water partition coefficient (Wildman–Crippen LogP) is 4.98. The molecule has 0 spiro atoms. The molecule has 0 aliphatic heterocycles. The number of nitrogens with zero attached hydrogens (tertiary/aromatic N) is 2. The van der Waals surface area contributed by atoms with Crippen molar-refractivity contribution in [2.45, 2.75) is 13.0 Å². The molecule has 0 saturated heterocycles. The number of hydrogen-bond acceptors (Lipinski definition) is 4. The summed E-state index contributed by atoms with van der Waals surface area (Å²) in [6.45, 7) is 1.91. The number of aryl methyl sites for hydroxylation is 1. The summed E-state index contributed by atoms with van der Waals surface area (Å²) in [6, 6.07) is 19.0. The van der Waals surface area contributed by atoms with Gasteiger partial charge in [-0.3, -0.25) is 4.98 Å². The summed E-state index contributed by atoms with van der Waals surface area (Å²) in [4.78, 5) is 8.79. The molecule has 0 aliphatic rings. The second-order valence-electron chi connectivity index (χ2n) is 6.37. The van der Waals surface area contributed by atoms with E-state index >= 15 is 0 Å². The van der Waals surface area contributed by atoms with Crippen molar-refractivity contribution in [3.63, 3.8) is 0 Å². The molecule has 2 aromatic carbocycles. The van der Waals surface area contributed by atoms with Gasteiger partial charge in [0.2, 0.25) is 0 Å². The number of nitrogens with one attached hydrogen (secondary N) is 1. The summed E-state index contributed by atoms with van der Waals surface area (Å²) in [5.41, 5.74) is 2.87. The fourth-order valence-corrected chi connectivity index (χ4v) is 3.15. The lowest BCUT2D eigenvalue weighted by molar-refractivity contribution is 0.471. The molecule has 0 bridgehead atoms. The van der Waals surface area contributed by atoms with E-state index in [9.17, 15) is 9.50 Å². The van der Waals surface area contributed by atoms with Crippen molar-refractivity contribution in [1.82, 2.24) is 9.97 Å². The molecule has 1 atom stereocenters. The standard InChI is InChI=1S/C22H18FN3O/c1-14-4-2-6-19(25-14)26-20(16-7-10-17(23)11-8-16)18-12-9-15-5-3-13-24-21(15)22(18)27/h2-13,20,27H,1H3,(H,25,26)/t20-/m1/s1. The van der Waals surface area contributed by atoms with Crippen molar-refractivity contribution in [2.24, 2.45) is 0 Å². The highest BCUT2D eigenvalue weighted by atomic mass is 19.1. The van der Waals surface area contributed by atoms with Crippen molar-refractivity contribution < 1.29 is 9.50 Å². The van der Waals surface area contributed by atoms with E-state index in [4.69, 9.17) is 0 Å². The van der Waals surface area contributed by atoms with Crippen LogP contribution >= 0.6 is 0 Å². The molecule has 2 aromatic heterocycles. The van der Waals surface area contributed by atoms with E-state index in [2.05, 4.69) is 15.3 Å². The predicted molar refractivity (Wildman–Crippen MR) is 104 cm³/mol. The van der Waals surface area contributed by atoms with Gasteiger partial charge >= 0.3 is 0 Å². The lowest BCUT2D eigenvalue weighted by Crippen LogP contribution is -2.14. The monoisotopic (exact) mass is 359 g/mol. The highest BCUT2D eigenvalue weighted by Gasteiger charge is 2.20. The third-order valence-electron chi connectivity index (χ3n) is 4.47. The van der Waals surface area contributed by atoms with Gasteiger partial charge in [0, 0.05) is 22.8 Å². The van der Waals surface area contributed by atoms with E-state index in [-0.39, 0.29) is 11.6 Å². The van der Waals surface area contributed by atoms with E-state index in [1.807, 2.05) is 49.4 Å². The summed E-state index contributed by atoms with van der Waals surface area (Å²) >= 11 is 0. The van der Waals surface area contributed by atoms with Crippen LogP contribution < -0.4 is 5.32 Å². The quantitative estimate of drug-likeness (QED) is 0.539. The van der Waals surface area contributed by atoms with Gasteiger partial charge in [0.05, 0.1) is 6.04 Å². The third-order valence-corrected chi connectivity index (χ3v) is 4.47. The zero-order chi connectivity index (χ0) is 18.8. The Kier molecular flexibility index (Phi) is 4.42. The van der Waals surface area contributed by atoms with Gasteiger partial charge in [0.15, 0.2) is 0 Å². The fraction of sp³-hybridized carbons (Fsp3) is 0.0909. The lowest BCUT2D eigenvalue weighted by atomic mass is 9.96. The molecule has 134 valence electrons. The van der Waals surface area contributed by atoms with Crippen molar-refractivity contribution in [1.29, 1.82) is 0 Å². The Morgan fingerprint density at radius 3 is 2.56 bits per heavy atom. The number of aromatic nitrogens is 2. The number of anilines is 1. The van der Waals surface area contributed by atoms with Crippen LogP contribution in [0.2, 0.25) is 0 Å². The number of phenols is 1. The van der Waals surface area contributed by atoms with Crippen molar-refractivity contribution in [3.05, 3.63) is 95.6 Å². The Labute approximate surface area is 156 Å². The summed E-state index contributed by atoms with van der Waals surface area (Å²) in [7, 11) is 0. The maximum atomic E-state index is 13.4. The molecule has 0 saturated carbocycles. The number of halogens is 1. The molecule has 0 unspecified atom stereocenters. The van der Waals surface area contributed by atoms with Gasteiger partial charge in [-0.25, -0.2) is 9.37 Å².